The van der Waals surface area contributed by atoms with Crippen LogP contribution >= 0.6 is 0 Å². The SMILES string of the molecule is CCOC(=O)c1c(F)c(S(=O)(=O)N2CCCCC2CO)cn1C. The van der Waals surface area contributed by atoms with Crippen molar-refractivity contribution in [2.24, 2.45) is 7.05 Å². The lowest BCUT2D eigenvalue weighted by molar-refractivity contribution is 0.0509. The van der Waals surface area contributed by atoms with Gasteiger partial charge in [-0.05, 0) is 19.8 Å². The summed E-state index contributed by atoms with van der Waals surface area (Å²) in [5.41, 5.74) is -0.428. The van der Waals surface area contributed by atoms with Crippen LogP contribution in [0, 0.1) is 5.82 Å². The van der Waals surface area contributed by atoms with Gasteiger partial charge in [0, 0.05) is 25.8 Å². The fraction of sp³-hybridized carbons (Fsp3) is 0.643. The normalized spacial score (nSPS) is 19.7. The second-order valence-electron chi connectivity index (χ2n) is 5.44. The van der Waals surface area contributed by atoms with E-state index >= 15 is 0 Å². The van der Waals surface area contributed by atoms with Crippen molar-refractivity contribution >= 4 is 16.0 Å². The van der Waals surface area contributed by atoms with Crippen LogP contribution in [-0.2, 0) is 21.8 Å². The van der Waals surface area contributed by atoms with Crippen molar-refractivity contribution in [3.05, 3.63) is 17.7 Å². The summed E-state index contributed by atoms with van der Waals surface area (Å²) in [6.45, 7) is 1.54. The minimum atomic E-state index is -4.13. The van der Waals surface area contributed by atoms with Crippen LogP contribution in [0.5, 0.6) is 0 Å². The Bertz CT molecular complexity index is 686. The zero-order chi connectivity index (χ0) is 17.2. The molecular formula is C14H21FN2O5S. The molecule has 0 aliphatic carbocycles. The highest BCUT2D eigenvalue weighted by atomic mass is 32.2. The Kier molecular flexibility index (Phi) is 5.43. The Balaban J connectivity index is 2.44. The van der Waals surface area contributed by atoms with Crippen LogP contribution in [0.3, 0.4) is 0 Å². The van der Waals surface area contributed by atoms with Gasteiger partial charge in [-0.3, -0.25) is 0 Å². The standard InChI is InChI=1S/C14H21FN2O5S/c1-3-22-14(19)13-12(15)11(8-16(13)2)23(20,21)17-7-5-4-6-10(17)9-18/h8,10,18H,3-7,9H2,1-2H3. The first-order valence-corrected chi connectivity index (χ1v) is 8.93. The van der Waals surface area contributed by atoms with E-state index in [2.05, 4.69) is 0 Å². The number of aryl methyl sites for hydroxylation is 1. The molecule has 0 amide bonds. The molecular weight excluding hydrogens is 327 g/mol. The van der Waals surface area contributed by atoms with Gasteiger partial charge in [-0.25, -0.2) is 17.6 Å². The second-order valence-corrected chi connectivity index (χ2v) is 7.29. The highest BCUT2D eigenvalue weighted by molar-refractivity contribution is 7.89. The van der Waals surface area contributed by atoms with Crippen LogP contribution in [0.25, 0.3) is 0 Å². The van der Waals surface area contributed by atoms with Crippen molar-refractivity contribution in [1.82, 2.24) is 8.87 Å². The number of halogens is 1. The fourth-order valence-electron chi connectivity index (χ4n) is 2.78. The van der Waals surface area contributed by atoms with Gasteiger partial charge in [0.25, 0.3) is 0 Å². The molecule has 1 aliphatic heterocycles. The molecule has 1 fully saturated rings. The predicted molar refractivity (Wildman–Crippen MR) is 79.9 cm³/mol. The lowest BCUT2D eigenvalue weighted by atomic mass is 10.1. The number of hydrogen-bond donors (Lipinski definition) is 1. The van der Waals surface area contributed by atoms with E-state index in [-0.39, 0.29) is 19.8 Å². The third-order valence-electron chi connectivity index (χ3n) is 3.93. The molecule has 1 saturated heterocycles. The summed E-state index contributed by atoms with van der Waals surface area (Å²) in [7, 11) is -2.75. The summed E-state index contributed by atoms with van der Waals surface area (Å²) in [5.74, 6) is -2.03. The van der Waals surface area contributed by atoms with E-state index in [9.17, 15) is 22.7 Å². The first-order valence-electron chi connectivity index (χ1n) is 7.49. The average molecular weight is 348 g/mol. The first-order chi connectivity index (χ1) is 10.8. The van der Waals surface area contributed by atoms with Crippen molar-refractivity contribution in [2.45, 2.75) is 37.1 Å². The molecule has 1 aromatic heterocycles. The number of carbonyl (C=O) groups is 1. The maximum atomic E-state index is 14.6. The first kappa shape index (κ1) is 17.9. The maximum Gasteiger partial charge on any atom is 0.358 e. The van der Waals surface area contributed by atoms with Gasteiger partial charge >= 0.3 is 5.97 Å². The van der Waals surface area contributed by atoms with Gasteiger partial charge in [0.1, 0.15) is 4.90 Å². The summed E-state index contributed by atoms with van der Waals surface area (Å²) in [5, 5.41) is 9.38. The number of aromatic nitrogens is 1. The van der Waals surface area contributed by atoms with E-state index in [4.69, 9.17) is 4.74 Å². The number of ether oxygens (including phenoxy) is 1. The third-order valence-corrected chi connectivity index (χ3v) is 5.87. The zero-order valence-electron chi connectivity index (χ0n) is 13.2. The molecule has 0 bridgehead atoms. The van der Waals surface area contributed by atoms with Gasteiger partial charge in [-0.15, -0.1) is 0 Å². The van der Waals surface area contributed by atoms with Crippen LogP contribution in [0.2, 0.25) is 0 Å². The molecule has 1 atom stereocenters. The van der Waals surface area contributed by atoms with Crippen molar-refractivity contribution in [1.29, 1.82) is 0 Å². The van der Waals surface area contributed by atoms with Crippen LogP contribution in [0.15, 0.2) is 11.1 Å². The molecule has 0 spiro atoms. The molecule has 0 saturated carbocycles. The molecule has 2 rings (SSSR count). The molecule has 1 aromatic rings. The average Bonchev–Trinajstić information content (AvgIpc) is 2.83. The topological polar surface area (TPSA) is 88.8 Å². The summed E-state index contributed by atoms with van der Waals surface area (Å²) in [6.07, 6.45) is 3.05. The molecule has 9 heteroatoms. The van der Waals surface area contributed by atoms with Gasteiger partial charge in [-0.1, -0.05) is 6.42 Å². The van der Waals surface area contributed by atoms with Gasteiger partial charge < -0.3 is 14.4 Å². The number of nitrogens with zero attached hydrogens (tertiary/aromatic N) is 2. The van der Waals surface area contributed by atoms with Crippen LogP contribution < -0.4 is 0 Å². The smallest absolute Gasteiger partial charge is 0.358 e. The Morgan fingerprint density at radius 2 is 2.17 bits per heavy atom. The Morgan fingerprint density at radius 1 is 1.48 bits per heavy atom. The van der Waals surface area contributed by atoms with Crippen molar-refractivity contribution < 1.29 is 27.4 Å². The molecule has 1 N–H and O–H groups in total. The summed E-state index contributed by atoms with van der Waals surface area (Å²) in [4.78, 5) is 11.2. The number of esters is 1. The van der Waals surface area contributed by atoms with Crippen molar-refractivity contribution in [2.75, 3.05) is 19.8 Å². The van der Waals surface area contributed by atoms with Gasteiger partial charge in [0.15, 0.2) is 11.5 Å². The van der Waals surface area contributed by atoms with E-state index in [1.54, 1.807) is 6.92 Å². The van der Waals surface area contributed by atoms with Crippen LogP contribution in [0.4, 0.5) is 4.39 Å². The molecule has 23 heavy (non-hydrogen) atoms. The lowest BCUT2D eigenvalue weighted by Gasteiger charge is -2.33. The van der Waals surface area contributed by atoms with E-state index < -0.39 is 38.4 Å². The number of hydrogen-bond acceptors (Lipinski definition) is 5. The van der Waals surface area contributed by atoms with E-state index in [1.807, 2.05) is 0 Å². The van der Waals surface area contributed by atoms with Crippen molar-refractivity contribution in [3.8, 4) is 0 Å². The van der Waals surface area contributed by atoms with Gasteiger partial charge in [0.05, 0.1) is 13.2 Å². The third kappa shape index (κ3) is 3.26. The Hall–Kier alpha value is -1.45. The maximum absolute atomic E-state index is 14.6. The summed E-state index contributed by atoms with van der Waals surface area (Å²) >= 11 is 0. The summed E-state index contributed by atoms with van der Waals surface area (Å²) < 4.78 is 47.0. The lowest BCUT2D eigenvalue weighted by Crippen LogP contribution is -2.45. The molecule has 7 nitrogen and oxygen atoms in total. The molecule has 0 radical (unpaired) electrons. The van der Waals surface area contributed by atoms with Crippen LogP contribution in [0.1, 0.15) is 36.7 Å². The van der Waals surface area contributed by atoms with E-state index in [0.29, 0.717) is 12.8 Å². The summed E-state index contributed by atoms with van der Waals surface area (Å²) in [6, 6.07) is -0.570. The zero-order valence-corrected chi connectivity index (χ0v) is 14.0. The Morgan fingerprint density at radius 3 is 2.78 bits per heavy atom. The quantitative estimate of drug-likeness (QED) is 0.798. The number of sulfonamides is 1. The van der Waals surface area contributed by atoms with E-state index in [1.165, 1.54) is 7.05 Å². The number of carbonyl (C=O) groups excluding carboxylic acids is 1. The van der Waals surface area contributed by atoms with Crippen molar-refractivity contribution in [3.63, 3.8) is 0 Å². The monoisotopic (exact) mass is 348 g/mol. The van der Waals surface area contributed by atoms with Gasteiger partial charge in [0.2, 0.25) is 10.0 Å². The minimum Gasteiger partial charge on any atom is -0.461 e. The molecule has 130 valence electrons. The molecule has 1 aliphatic rings. The van der Waals surface area contributed by atoms with Crippen LogP contribution in [-0.4, -0.2) is 54.2 Å². The highest BCUT2D eigenvalue weighted by Gasteiger charge is 2.37. The Labute approximate surface area is 134 Å². The number of rotatable bonds is 5. The predicted octanol–water partition coefficient (Wildman–Crippen LogP) is 0.876. The highest BCUT2D eigenvalue weighted by Crippen LogP contribution is 2.29. The fourth-order valence-corrected chi connectivity index (χ4v) is 4.58. The van der Waals surface area contributed by atoms with Gasteiger partial charge in [-0.2, -0.15) is 4.31 Å². The number of piperidine rings is 1. The largest absolute Gasteiger partial charge is 0.461 e. The van der Waals surface area contributed by atoms with E-state index in [0.717, 1.165) is 21.5 Å². The molecule has 2 heterocycles. The number of aliphatic hydroxyl groups excluding tert-OH is 1. The molecule has 1 unspecified atom stereocenters. The number of aliphatic hydroxyl groups is 1. The minimum absolute atomic E-state index is 0.0598. The second kappa shape index (κ2) is 6.98. The molecule has 0 aromatic carbocycles.